The van der Waals surface area contributed by atoms with E-state index < -0.39 is 0 Å². The Morgan fingerprint density at radius 3 is 2.68 bits per heavy atom. The van der Waals surface area contributed by atoms with Crippen molar-refractivity contribution in [3.8, 4) is 0 Å². The predicted octanol–water partition coefficient (Wildman–Crippen LogP) is 3.80. The van der Waals surface area contributed by atoms with Gasteiger partial charge in [0.1, 0.15) is 5.82 Å². The van der Waals surface area contributed by atoms with E-state index in [1.165, 1.54) is 18.9 Å². The molecule has 0 unspecified atom stereocenters. The molecule has 1 aromatic rings. The number of hydrogen-bond acceptors (Lipinski definition) is 2. The number of nitrogens with zero attached hydrogens (tertiary/aromatic N) is 1. The second-order valence-corrected chi connectivity index (χ2v) is 6.06. The molecule has 4 heteroatoms. The monoisotopic (exact) mass is 330 g/mol. The van der Waals surface area contributed by atoms with Crippen molar-refractivity contribution in [2.75, 3.05) is 20.1 Å². The van der Waals surface area contributed by atoms with Crippen molar-refractivity contribution >= 4 is 15.9 Å². The Bertz CT molecular complexity index is 382. The van der Waals surface area contributed by atoms with Gasteiger partial charge in [0.15, 0.2) is 0 Å². The molecule has 108 valence electrons. The van der Waals surface area contributed by atoms with E-state index in [4.69, 9.17) is 0 Å². The smallest absolute Gasteiger partial charge is 0.137 e. The van der Waals surface area contributed by atoms with Gasteiger partial charge in [-0.1, -0.05) is 6.07 Å². The highest BCUT2D eigenvalue weighted by Crippen LogP contribution is 2.16. The molecule has 1 rings (SSSR count). The van der Waals surface area contributed by atoms with Crippen molar-refractivity contribution in [2.45, 2.75) is 39.3 Å². The molecule has 0 heterocycles. The molecule has 1 N–H and O–H groups in total. The van der Waals surface area contributed by atoms with Gasteiger partial charge in [0.05, 0.1) is 4.47 Å². The number of hydrogen-bond donors (Lipinski definition) is 1. The van der Waals surface area contributed by atoms with Crippen LogP contribution in [0, 0.1) is 5.82 Å². The lowest BCUT2D eigenvalue weighted by molar-refractivity contribution is 0.268. The van der Waals surface area contributed by atoms with E-state index in [9.17, 15) is 4.39 Å². The fourth-order valence-electron chi connectivity index (χ4n) is 1.75. The van der Waals surface area contributed by atoms with Gasteiger partial charge >= 0.3 is 0 Å². The predicted molar refractivity (Wildman–Crippen MR) is 82.8 cm³/mol. The molecule has 0 amide bonds. The molecule has 0 radical (unpaired) electrons. The number of unbranched alkanes of at least 4 members (excludes halogenated alkanes) is 1. The molecule has 0 aliphatic heterocycles. The second-order valence-electron chi connectivity index (χ2n) is 5.21. The third-order valence-electron chi connectivity index (χ3n) is 3.31. The van der Waals surface area contributed by atoms with Gasteiger partial charge in [-0.15, -0.1) is 0 Å². The van der Waals surface area contributed by atoms with Gasteiger partial charge in [0.2, 0.25) is 0 Å². The van der Waals surface area contributed by atoms with E-state index >= 15 is 0 Å². The Morgan fingerprint density at radius 2 is 2.05 bits per heavy atom. The van der Waals surface area contributed by atoms with Crippen molar-refractivity contribution < 1.29 is 4.39 Å². The Morgan fingerprint density at radius 1 is 1.32 bits per heavy atom. The van der Waals surface area contributed by atoms with Crippen LogP contribution in [0.3, 0.4) is 0 Å². The first kappa shape index (κ1) is 16.6. The summed E-state index contributed by atoms with van der Waals surface area (Å²) in [6.07, 6.45) is 2.37. The molecular weight excluding hydrogens is 307 g/mol. The van der Waals surface area contributed by atoms with Gasteiger partial charge in [-0.05, 0) is 80.5 Å². The molecule has 0 aromatic heterocycles. The first-order valence-corrected chi connectivity index (χ1v) is 7.65. The first-order valence-electron chi connectivity index (χ1n) is 6.85. The van der Waals surface area contributed by atoms with Crippen molar-refractivity contribution in [1.82, 2.24) is 10.2 Å². The van der Waals surface area contributed by atoms with Crippen molar-refractivity contribution in [3.63, 3.8) is 0 Å². The van der Waals surface area contributed by atoms with Crippen LogP contribution in [0.15, 0.2) is 22.7 Å². The third kappa shape index (κ3) is 6.50. The zero-order chi connectivity index (χ0) is 14.3. The third-order valence-corrected chi connectivity index (χ3v) is 3.92. The molecule has 0 atom stereocenters. The topological polar surface area (TPSA) is 15.3 Å². The molecule has 2 nitrogen and oxygen atoms in total. The minimum atomic E-state index is -0.208. The summed E-state index contributed by atoms with van der Waals surface area (Å²) in [5.74, 6) is -0.208. The van der Waals surface area contributed by atoms with Gasteiger partial charge in [-0.2, -0.15) is 0 Å². The Kier molecular flexibility index (Phi) is 7.57. The van der Waals surface area contributed by atoms with Gasteiger partial charge in [-0.3, -0.25) is 0 Å². The average Bonchev–Trinajstić information content (AvgIpc) is 2.37. The lowest BCUT2D eigenvalue weighted by Gasteiger charge is -2.20. The van der Waals surface area contributed by atoms with Gasteiger partial charge < -0.3 is 10.2 Å². The number of nitrogens with one attached hydrogen (secondary N) is 1. The Hall–Kier alpha value is -0.450. The molecule has 0 fully saturated rings. The van der Waals surface area contributed by atoms with Crippen molar-refractivity contribution in [2.24, 2.45) is 0 Å². The highest BCUT2D eigenvalue weighted by molar-refractivity contribution is 9.10. The van der Waals surface area contributed by atoms with Gasteiger partial charge in [0.25, 0.3) is 0 Å². The number of halogens is 2. The summed E-state index contributed by atoms with van der Waals surface area (Å²) in [7, 11) is 2.16. The quantitative estimate of drug-likeness (QED) is 0.729. The fraction of sp³-hybridized carbons (Fsp3) is 0.600. The number of benzene rings is 1. The average molecular weight is 331 g/mol. The normalized spacial score (nSPS) is 11.5. The summed E-state index contributed by atoms with van der Waals surface area (Å²) in [4.78, 5) is 2.36. The molecule has 0 aliphatic carbocycles. The van der Waals surface area contributed by atoms with E-state index in [0.717, 1.165) is 25.2 Å². The highest BCUT2D eigenvalue weighted by atomic mass is 79.9. The molecular formula is C15H24BrFN2. The lowest BCUT2D eigenvalue weighted by Crippen LogP contribution is -2.27. The summed E-state index contributed by atoms with van der Waals surface area (Å²) < 4.78 is 13.6. The molecule has 0 spiro atoms. The van der Waals surface area contributed by atoms with E-state index in [1.54, 1.807) is 0 Å². The van der Waals surface area contributed by atoms with Gasteiger partial charge in [-0.25, -0.2) is 4.39 Å². The standard InChI is InChI=1S/C15H24BrFN2/c1-12(2)19(3)9-5-4-8-18-11-13-6-7-15(17)14(16)10-13/h6-7,10,12,18H,4-5,8-9,11H2,1-3H3. The van der Waals surface area contributed by atoms with Crippen LogP contribution in [-0.4, -0.2) is 31.1 Å². The van der Waals surface area contributed by atoms with Crippen LogP contribution in [0.25, 0.3) is 0 Å². The molecule has 0 bridgehead atoms. The lowest BCUT2D eigenvalue weighted by atomic mass is 10.2. The van der Waals surface area contributed by atoms with Crippen molar-refractivity contribution in [3.05, 3.63) is 34.1 Å². The Balaban J connectivity index is 2.12. The molecule has 0 aliphatic rings. The molecule has 0 saturated heterocycles. The highest BCUT2D eigenvalue weighted by Gasteiger charge is 2.02. The Labute approximate surface area is 124 Å². The van der Waals surface area contributed by atoms with E-state index in [1.807, 2.05) is 12.1 Å². The summed E-state index contributed by atoms with van der Waals surface area (Å²) >= 11 is 3.20. The second kappa shape index (κ2) is 8.67. The van der Waals surface area contributed by atoms with Gasteiger partial charge in [0, 0.05) is 12.6 Å². The van der Waals surface area contributed by atoms with E-state index in [-0.39, 0.29) is 5.82 Å². The summed E-state index contributed by atoms with van der Waals surface area (Å²) in [5.41, 5.74) is 1.10. The van der Waals surface area contributed by atoms with Crippen LogP contribution in [0.2, 0.25) is 0 Å². The number of rotatable bonds is 8. The van der Waals surface area contributed by atoms with Crippen LogP contribution in [-0.2, 0) is 6.54 Å². The molecule has 19 heavy (non-hydrogen) atoms. The van der Waals surface area contributed by atoms with Crippen LogP contribution >= 0.6 is 15.9 Å². The first-order chi connectivity index (χ1) is 9.00. The maximum atomic E-state index is 13.1. The summed E-state index contributed by atoms with van der Waals surface area (Å²) in [5, 5.41) is 3.39. The van der Waals surface area contributed by atoms with Crippen LogP contribution < -0.4 is 5.32 Å². The fourth-order valence-corrected chi connectivity index (χ4v) is 2.18. The minimum Gasteiger partial charge on any atom is -0.313 e. The van der Waals surface area contributed by atoms with Crippen LogP contribution in [0.5, 0.6) is 0 Å². The SMILES string of the molecule is CC(C)N(C)CCCCNCc1ccc(F)c(Br)c1. The maximum absolute atomic E-state index is 13.1. The van der Waals surface area contributed by atoms with Crippen molar-refractivity contribution in [1.29, 1.82) is 0 Å². The minimum absolute atomic E-state index is 0.208. The largest absolute Gasteiger partial charge is 0.313 e. The zero-order valence-corrected chi connectivity index (χ0v) is 13.6. The van der Waals surface area contributed by atoms with E-state index in [2.05, 4.69) is 47.0 Å². The summed E-state index contributed by atoms with van der Waals surface area (Å²) in [6.45, 7) is 7.36. The van der Waals surface area contributed by atoms with E-state index in [0.29, 0.717) is 10.5 Å². The zero-order valence-electron chi connectivity index (χ0n) is 12.0. The molecule has 0 saturated carbocycles. The maximum Gasteiger partial charge on any atom is 0.137 e. The van der Waals surface area contributed by atoms with Crippen LogP contribution in [0.1, 0.15) is 32.3 Å². The van der Waals surface area contributed by atoms with Crippen LogP contribution in [0.4, 0.5) is 4.39 Å². The molecule has 1 aromatic carbocycles. The summed E-state index contributed by atoms with van der Waals surface area (Å²) in [6, 6.07) is 5.76.